The Balaban J connectivity index is 1.43. The predicted octanol–water partition coefficient (Wildman–Crippen LogP) is 2.91. The van der Waals surface area contributed by atoms with Crippen LogP contribution in [0.4, 0.5) is 5.69 Å². The minimum Gasteiger partial charge on any atom is -0.475 e. The van der Waals surface area contributed by atoms with Crippen molar-refractivity contribution in [1.82, 2.24) is 15.2 Å². The molecule has 1 N–H and O–H groups in total. The molecule has 1 aromatic carbocycles. The lowest BCUT2D eigenvalue weighted by Crippen LogP contribution is -2.45. The van der Waals surface area contributed by atoms with E-state index >= 15 is 0 Å². The van der Waals surface area contributed by atoms with Crippen molar-refractivity contribution < 1.29 is 9.53 Å². The number of hydrogen-bond acceptors (Lipinski definition) is 5. The highest BCUT2D eigenvalue weighted by Crippen LogP contribution is 2.31. The van der Waals surface area contributed by atoms with Crippen LogP contribution in [0, 0.1) is 0 Å². The number of nitrogens with zero attached hydrogens (tertiary/aromatic N) is 3. The number of pyridine rings is 1. The fourth-order valence-electron chi connectivity index (χ4n) is 4.33. The number of fused-ring (bicyclic) bond motifs is 1. The van der Waals surface area contributed by atoms with E-state index in [-0.39, 0.29) is 18.1 Å². The highest BCUT2D eigenvalue weighted by atomic mass is 16.5. The van der Waals surface area contributed by atoms with Crippen LogP contribution < -0.4 is 15.0 Å². The van der Waals surface area contributed by atoms with E-state index in [2.05, 4.69) is 45.3 Å². The summed E-state index contributed by atoms with van der Waals surface area (Å²) < 4.78 is 5.56. The standard InChI is InChI=1S/C24H32N4O2/c1-17(2)30-23-10-8-19(16-25-23)24(29)26-20-9-7-18-5-4-6-22(21(18)15-20)28-13-11-27(3)12-14-28/h4-6,8,10,16-17,20H,7,9,11-15H2,1-3H3,(H,26,29)/t20-/m1/s1. The molecule has 2 heterocycles. The third-order valence-corrected chi connectivity index (χ3v) is 6.00. The zero-order valence-electron chi connectivity index (χ0n) is 18.2. The number of rotatable bonds is 5. The number of benzene rings is 1. The van der Waals surface area contributed by atoms with Crippen LogP contribution >= 0.6 is 0 Å². The number of aryl methyl sites for hydroxylation is 1. The minimum atomic E-state index is -0.0656. The summed E-state index contributed by atoms with van der Waals surface area (Å²) in [5.41, 5.74) is 4.74. The molecule has 1 aliphatic heterocycles. The summed E-state index contributed by atoms with van der Waals surface area (Å²) in [6.45, 7) is 8.21. The SMILES string of the molecule is CC(C)Oc1ccc(C(=O)N[C@@H]2CCc3cccc(N4CCN(C)CC4)c3C2)cn1. The molecule has 1 amide bonds. The average molecular weight is 409 g/mol. The minimum absolute atomic E-state index is 0.0639. The number of hydrogen-bond donors (Lipinski definition) is 1. The van der Waals surface area contributed by atoms with Crippen LogP contribution in [0.15, 0.2) is 36.5 Å². The fraction of sp³-hybridized carbons (Fsp3) is 0.500. The van der Waals surface area contributed by atoms with Gasteiger partial charge in [0.2, 0.25) is 5.88 Å². The Bertz CT molecular complexity index is 873. The molecule has 1 aliphatic carbocycles. The summed E-state index contributed by atoms with van der Waals surface area (Å²) in [6.07, 6.45) is 4.51. The quantitative estimate of drug-likeness (QED) is 0.824. The highest BCUT2D eigenvalue weighted by Gasteiger charge is 2.25. The molecule has 160 valence electrons. The molecule has 0 radical (unpaired) electrons. The molecule has 30 heavy (non-hydrogen) atoms. The van der Waals surface area contributed by atoms with E-state index in [1.54, 1.807) is 18.3 Å². The van der Waals surface area contributed by atoms with Crippen molar-refractivity contribution in [2.45, 2.75) is 45.3 Å². The lowest BCUT2D eigenvalue weighted by atomic mass is 9.86. The van der Waals surface area contributed by atoms with E-state index in [1.165, 1.54) is 16.8 Å². The first kappa shape index (κ1) is 20.7. The predicted molar refractivity (Wildman–Crippen MR) is 119 cm³/mol. The van der Waals surface area contributed by atoms with Gasteiger partial charge < -0.3 is 19.9 Å². The molecule has 2 aromatic rings. The molecule has 0 saturated carbocycles. The van der Waals surface area contributed by atoms with Gasteiger partial charge in [-0.15, -0.1) is 0 Å². The molecular weight excluding hydrogens is 376 g/mol. The third kappa shape index (κ3) is 4.75. The molecule has 2 aliphatic rings. The van der Waals surface area contributed by atoms with Gasteiger partial charge in [0.15, 0.2) is 0 Å². The molecule has 6 nitrogen and oxygen atoms in total. The topological polar surface area (TPSA) is 57.7 Å². The molecular formula is C24H32N4O2. The van der Waals surface area contributed by atoms with Crippen LogP contribution in [0.25, 0.3) is 0 Å². The summed E-state index contributed by atoms with van der Waals surface area (Å²) >= 11 is 0. The van der Waals surface area contributed by atoms with Gasteiger partial charge in [0.1, 0.15) is 0 Å². The summed E-state index contributed by atoms with van der Waals surface area (Å²) in [4.78, 5) is 21.9. The molecule has 1 atom stereocenters. The molecule has 4 rings (SSSR count). The lowest BCUT2D eigenvalue weighted by molar-refractivity contribution is 0.0933. The van der Waals surface area contributed by atoms with Crippen molar-refractivity contribution in [2.75, 3.05) is 38.1 Å². The second-order valence-electron chi connectivity index (χ2n) is 8.67. The number of piperazine rings is 1. The number of amides is 1. The Morgan fingerprint density at radius 2 is 1.97 bits per heavy atom. The first-order valence-electron chi connectivity index (χ1n) is 11.0. The number of aromatic nitrogens is 1. The van der Waals surface area contributed by atoms with Crippen LogP contribution in [0.2, 0.25) is 0 Å². The van der Waals surface area contributed by atoms with Crippen LogP contribution in [-0.4, -0.2) is 61.2 Å². The number of likely N-dealkylation sites (N-methyl/N-ethyl adjacent to an activating group) is 1. The van der Waals surface area contributed by atoms with Gasteiger partial charge in [0, 0.05) is 50.2 Å². The van der Waals surface area contributed by atoms with Crippen molar-refractivity contribution in [3.05, 3.63) is 53.2 Å². The van der Waals surface area contributed by atoms with Gasteiger partial charge in [-0.3, -0.25) is 4.79 Å². The number of ether oxygens (including phenoxy) is 1. The van der Waals surface area contributed by atoms with Crippen LogP contribution in [-0.2, 0) is 12.8 Å². The highest BCUT2D eigenvalue weighted by molar-refractivity contribution is 5.94. The first-order valence-corrected chi connectivity index (χ1v) is 11.0. The lowest BCUT2D eigenvalue weighted by Gasteiger charge is -2.37. The maximum Gasteiger partial charge on any atom is 0.253 e. The normalized spacial score (nSPS) is 19.5. The van der Waals surface area contributed by atoms with Crippen molar-refractivity contribution in [3.63, 3.8) is 0 Å². The summed E-state index contributed by atoms with van der Waals surface area (Å²) in [5.74, 6) is 0.481. The van der Waals surface area contributed by atoms with Gasteiger partial charge >= 0.3 is 0 Å². The molecule has 6 heteroatoms. The fourth-order valence-corrected chi connectivity index (χ4v) is 4.33. The Hall–Kier alpha value is -2.60. The van der Waals surface area contributed by atoms with Gasteiger partial charge in [0.25, 0.3) is 5.91 Å². The Morgan fingerprint density at radius 1 is 1.17 bits per heavy atom. The molecule has 0 unspecified atom stereocenters. The van der Waals surface area contributed by atoms with Gasteiger partial charge in [0.05, 0.1) is 11.7 Å². The zero-order valence-corrected chi connectivity index (χ0v) is 18.2. The van der Waals surface area contributed by atoms with Crippen LogP contribution in [0.3, 0.4) is 0 Å². The second-order valence-corrected chi connectivity index (χ2v) is 8.67. The number of carbonyl (C=O) groups excluding carboxylic acids is 1. The smallest absolute Gasteiger partial charge is 0.253 e. The molecule has 1 aromatic heterocycles. The number of nitrogens with one attached hydrogen (secondary N) is 1. The summed E-state index contributed by atoms with van der Waals surface area (Å²) in [6, 6.07) is 10.3. The van der Waals surface area contributed by atoms with Crippen LogP contribution in [0.5, 0.6) is 5.88 Å². The van der Waals surface area contributed by atoms with Crippen molar-refractivity contribution in [2.24, 2.45) is 0 Å². The first-order chi connectivity index (χ1) is 14.5. The van der Waals surface area contributed by atoms with Crippen molar-refractivity contribution >= 4 is 11.6 Å². The van der Waals surface area contributed by atoms with Gasteiger partial charge in [-0.2, -0.15) is 0 Å². The van der Waals surface area contributed by atoms with Gasteiger partial charge in [-0.25, -0.2) is 4.98 Å². The monoisotopic (exact) mass is 408 g/mol. The van der Waals surface area contributed by atoms with Gasteiger partial charge in [-0.05, 0) is 63.4 Å². The largest absolute Gasteiger partial charge is 0.475 e. The maximum atomic E-state index is 12.8. The van der Waals surface area contributed by atoms with E-state index in [9.17, 15) is 4.79 Å². The zero-order chi connectivity index (χ0) is 21.1. The van der Waals surface area contributed by atoms with E-state index < -0.39 is 0 Å². The Morgan fingerprint density at radius 3 is 2.67 bits per heavy atom. The number of anilines is 1. The Kier molecular flexibility index (Phi) is 6.23. The van der Waals surface area contributed by atoms with E-state index in [0.717, 1.165) is 45.4 Å². The number of carbonyl (C=O) groups is 1. The maximum absolute atomic E-state index is 12.8. The summed E-state index contributed by atoms with van der Waals surface area (Å²) in [7, 11) is 2.18. The molecule has 1 fully saturated rings. The van der Waals surface area contributed by atoms with Crippen LogP contribution in [0.1, 0.15) is 41.8 Å². The van der Waals surface area contributed by atoms with E-state index in [0.29, 0.717) is 11.4 Å². The molecule has 0 bridgehead atoms. The van der Waals surface area contributed by atoms with Crippen molar-refractivity contribution in [3.8, 4) is 5.88 Å². The summed E-state index contributed by atoms with van der Waals surface area (Å²) in [5, 5.41) is 3.23. The van der Waals surface area contributed by atoms with Crippen molar-refractivity contribution in [1.29, 1.82) is 0 Å². The molecule has 0 spiro atoms. The van der Waals surface area contributed by atoms with E-state index in [4.69, 9.17) is 4.74 Å². The average Bonchev–Trinajstić information content (AvgIpc) is 2.74. The molecule has 1 saturated heterocycles. The Labute approximate surface area is 179 Å². The van der Waals surface area contributed by atoms with E-state index in [1.807, 2.05) is 13.8 Å². The second kappa shape index (κ2) is 9.04. The third-order valence-electron chi connectivity index (χ3n) is 6.00. The van der Waals surface area contributed by atoms with Gasteiger partial charge in [-0.1, -0.05) is 12.1 Å².